The Morgan fingerprint density at radius 1 is 1.33 bits per heavy atom. The van der Waals surface area contributed by atoms with Gasteiger partial charge in [0.05, 0.1) is 17.4 Å². The van der Waals surface area contributed by atoms with E-state index >= 15 is 0 Å². The van der Waals surface area contributed by atoms with Crippen molar-refractivity contribution in [2.45, 2.75) is 25.4 Å². The normalized spacial score (nSPS) is 19.1. The van der Waals surface area contributed by atoms with Crippen LogP contribution >= 0.6 is 0 Å². The van der Waals surface area contributed by atoms with E-state index < -0.39 is 11.7 Å². The Labute approximate surface area is 120 Å². The van der Waals surface area contributed by atoms with E-state index in [1.54, 1.807) is 16.9 Å². The van der Waals surface area contributed by atoms with Crippen molar-refractivity contribution in [3.63, 3.8) is 0 Å². The number of halogens is 3. The van der Waals surface area contributed by atoms with Crippen LogP contribution in [0.4, 0.5) is 13.2 Å². The number of hydrogen-bond acceptors (Lipinski definition) is 2. The maximum Gasteiger partial charge on any atom is 0.416 e. The molecule has 1 atom stereocenters. The van der Waals surface area contributed by atoms with Gasteiger partial charge in [-0.3, -0.25) is 0 Å². The smallest absolute Gasteiger partial charge is 0.316 e. The summed E-state index contributed by atoms with van der Waals surface area (Å²) in [5.41, 5.74) is 1.80. The average Bonchev–Trinajstić information content (AvgIpc) is 3.07. The molecule has 2 aromatic rings. The second-order valence-electron chi connectivity index (χ2n) is 5.33. The highest BCUT2D eigenvalue weighted by Gasteiger charge is 2.31. The Kier molecular flexibility index (Phi) is 3.49. The molecule has 1 unspecified atom stereocenters. The van der Waals surface area contributed by atoms with Crippen LogP contribution in [0.1, 0.15) is 29.2 Å². The molecular weight excluding hydrogens is 279 g/mol. The number of alkyl halides is 3. The van der Waals surface area contributed by atoms with E-state index in [1.807, 2.05) is 6.92 Å². The minimum atomic E-state index is -4.34. The molecular formula is C15H16F3N3. The molecule has 21 heavy (non-hydrogen) atoms. The first-order valence-corrected chi connectivity index (χ1v) is 6.89. The number of nitrogens with one attached hydrogen (secondary N) is 1. The summed E-state index contributed by atoms with van der Waals surface area (Å²) >= 11 is 0. The summed E-state index contributed by atoms with van der Waals surface area (Å²) in [6.07, 6.45) is -1.53. The van der Waals surface area contributed by atoms with Crippen LogP contribution in [0.5, 0.6) is 0 Å². The van der Waals surface area contributed by atoms with Gasteiger partial charge in [0.25, 0.3) is 0 Å². The second kappa shape index (κ2) is 5.18. The van der Waals surface area contributed by atoms with Gasteiger partial charge in [-0.1, -0.05) is 6.07 Å². The summed E-state index contributed by atoms with van der Waals surface area (Å²) in [7, 11) is 0. The van der Waals surface area contributed by atoms with Crippen LogP contribution in [0.25, 0.3) is 5.69 Å². The second-order valence-corrected chi connectivity index (χ2v) is 5.33. The van der Waals surface area contributed by atoms with Crippen LogP contribution in [0.15, 0.2) is 30.5 Å². The van der Waals surface area contributed by atoms with Gasteiger partial charge in [0, 0.05) is 18.2 Å². The molecule has 2 heterocycles. The summed E-state index contributed by atoms with van der Waals surface area (Å²) in [5, 5.41) is 7.57. The summed E-state index contributed by atoms with van der Waals surface area (Å²) in [4.78, 5) is 0. The molecule has 1 aliphatic rings. The van der Waals surface area contributed by atoms with Crippen LogP contribution < -0.4 is 5.32 Å². The predicted octanol–water partition coefficient (Wildman–Crippen LogP) is 3.28. The molecule has 1 aliphatic heterocycles. The van der Waals surface area contributed by atoms with Gasteiger partial charge in [-0.2, -0.15) is 18.3 Å². The first kappa shape index (κ1) is 14.1. The molecule has 3 nitrogen and oxygen atoms in total. The Bertz CT molecular complexity index is 640. The van der Waals surface area contributed by atoms with Crippen molar-refractivity contribution in [1.29, 1.82) is 0 Å². The van der Waals surface area contributed by atoms with Gasteiger partial charge in [0.2, 0.25) is 0 Å². The third kappa shape index (κ3) is 2.68. The molecule has 0 saturated carbocycles. The van der Waals surface area contributed by atoms with Gasteiger partial charge in [0.15, 0.2) is 0 Å². The molecule has 0 radical (unpaired) electrons. The van der Waals surface area contributed by atoms with E-state index in [1.165, 1.54) is 6.07 Å². The molecule has 3 rings (SSSR count). The van der Waals surface area contributed by atoms with E-state index in [9.17, 15) is 13.2 Å². The fourth-order valence-corrected chi connectivity index (χ4v) is 2.82. The molecule has 6 heteroatoms. The minimum Gasteiger partial charge on any atom is -0.316 e. The van der Waals surface area contributed by atoms with E-state index in [-0.39, 0.29) is 0 Å². The highest BCUT2D eigenvalue weighted by molar-refractivity contribution is 5.39. The monoisotopic (exact) mass is 295 g/mol. The third-order valence-corrected chi connectivity index (χ3v) is 3.97. The lowest BCUT2D eigenvalue weighted by atomic mass is 9.99. The summed E-state index contributed by atoms with van der Waals surface area (Å²) in [6.45, 7) is 3.77. The zero-order valence-electron chi connectivity index (χ0n) is 11.6. The van der Waals surface area contributed by atoms with Gasteiger partial charge in [-0.15, -0.1) is 0 Å². The molecule has 0 bridgehead atoms. The summed E-state index contributed by atoms with van der Waals surface area (Å²) in [5.74, 6) is 0.393. The highest BCUT2D eigenvalue weighted by atomic mass is 19.4. The Morgan fingerprint density at radius 2 is 2.14 bits per heavy atom. The molecule has 1 fully saturated rings. The van der Waals surface area contributed by atoms with Crippen molar-refractivity contribution < 1.29 is 13.2 Å². The number of benzene rings is 1. The van der Waals surface area contributed by atoms with Gasteiger partial charge in [-0.05, 0) is 43.7 Å². The van der Waals surface area contributed by atoms with E-state index in [2.05, 4.69) is 10.4 Å². The SMILES string of the molecule is Cc1c(C2CCNC2)cnn1-c1cccc(C(F)(F)F)c1. The maximum absolute atomic E-state index is 12.8. The zero-order valence-corrected chi connectivity index (χ0v) is 11.6. The van der Waals surface area contributed by atoms with Crippen LogP contribution in [0, 0.1) is 6.92 Å². The lowest BCUT2D eigenvalue weighted by molar-refractivity contribution is -0.137. The van der Waals surface area contributed by atoms with Crippen molar-refractivity contribution in [1.82, 2.24) is 15.1 Å². The molecule has 0 aliphatic carbocycles. The van der Waals surface area contributed by atoms with Crippen LogP contribution in [0.2, 0.25) is 0 Å². The Balaban J connectivity index is 1.97. The minimum absolute atomic E-state index is 0.393. The Morgan fingerprint density at radius 3 is 2.81 bits per heavy atom. The van der Waals surface area contributed by atoms with Crippen LogP contribution in [-0.2, 0) is 6.18 Å². The fraction of sp³-hybridized carbons (Fsp3) is 0.400. The number of aromatic nitrogens is 2. The molecule has 1 aromatic carbocycles. The first-order valence-electron chi connectivity index (χ1n) is 6.89. The topological polar surface area (TPSA) is 29.9 Å². The van der Waals surface area contributed by atoms with Gasteiger partial charge < -0.3 is 5.32 Å². The van der Waals surface area contributed by atoms with Crippen LogP contribution in [-0.4, -0.2) is 22.9 Å². The maximum atomic E-state index is 12.8. The van der Waals surface area contributed by atoms with Crippen LogP contribution in [0.3, 0.4) is 0 Å². The van der Waals surface area contributed by atoms with Gasteiger partial charge in [-0.25, -0.2) is 4.68 Å². The predicted molar refractivity (Wildman–Crippen MR) is 73.5 cm³/mol. The number of hydrogen-bond donors (Lipinski definition) is 1. The Hall–Kier alpha value is -1.82. The van der Waals surface area contributed by atoms with Gasteiger partial charge >= 0.3 is 6.18 Å². The van der Waals surface area contributed by atoms with Gasteiger partial charge in [0.1, 0.15) is 0 Å². The quantitative estimate of drug-likeness (QED) is 0.921. The summed E-state index contributed by atoms with van der Waals surface area (Å²) < 4.78 is 40.0. The van der Waals surface area contributed by atoms with E-state index in [0.29, 0.717) is 11.6 Å². The molecule has 1 N–H and O–H groups in total. The highest BCUT2D eigenvalue weighted by Crippen LogP contribution is 2.31. The largest absolute Gasteiger partial charge is 0.416 e. The van der Waals surface area contributed by atoms with Crippen molar-refractivity contribution >= 4 is 0 Å². The summed E-state index contributed by atoms with van der Waals surface area (Å²) in [6, 6.07) is 5.27. The van der Waals surface area contributed by atoms with E-state index in [0.717, 1.165) is 42.9 Å². The van der Waals surface area contributed by atoms with Crippen molar-refractivity contribution in [2.24, 2.45) is 0 Å². The van der Waals surface area contributed by atoms with Crippen molar-refractivity contribution in [3.05, 3.63) is 47.3 Å². The standard InChI is InChI=1S/C15H16F3N3/c1-10-14(11-5-6-19-8-11)9-20-21(10)13-4-2-3-12(7-13)15(16,17)18/h2-4,7,9,11,19H,5-6,8H2,1H3. The number of nitrogens with zero attached hydrogens (tertiary/aromatic N) is 2. The number of rotatable bonds is 2. The lowest BCUT2D eigenvalue weighted by Crippen LogP contribution is -2.09. The molecule has 1 saturated heterocycles. The fourth-order valence-electron chi connectivity index (χ4n) is 2.82. The molecule has 1 aromatic heterocycles. The molecule has 112 valence electrons. The molecule has 0 spiro atoms. The molecule has 0 amide bonds. The average molecular weight is 295 g/mol. The zero-order chi connectivity index (χ0) is 15.0. The van der Waals surface area contributed by atoms with Crippen molar-refractivity contribution in [3.8, 4) is 5.69 Å². The lowest BCUT2D eigenvalue weighted by Gasteiger charge is -2.11. The van der Waals surface area contributed by atoms with Crippen molar-refractivity contribution in [2.75, 3.05) is 13.1 Å². The first-order chi connectivity index (χ1) is 9.97. The third-order valence-electron chi connectivity index (χ3n) is 3.97. The van der Waals surface area contributed by atoms with E-state index in [4.69, 9.17) is 0 Å².